The van der Waals surface area contributed by atoms with Gasteiger partial charge in [-0.05, 0) is 57.4 Å². The molecule has 19 heavy (non-hydrogen) atoms. The van der Waals surface area contributed by atoms with Crippen LogP contribution >= 0.6 is 0 Å². The van der Waals surface area contributed by atoms with Crippen LogP contribution in [-0.2, 0) is 9.47 Å². The fourth-order valence-corrected chi connectivity index (χ4v) is 2.61. The summed E-state index contributed by atoms with van der Waals surface area (Å²) in [6, 6.07) is 0. The zero-order chi connectivity index (χ0) is 14.4. The van der Waals surface area contributed by atoms with Crippen molar-refractivity contribution >= 4 is 0 Å². The monoisotopic (exact) mass is 271 g/mol. The first-order valence-electron chi connectivity index (χ1n) is 7.73. The van der Waals surface area contributed by atoms with Crippen LogP contribution < -0.4 is 5.32 Å². The normalized spacial score (nSPS) is 19.9. The standard InChI is InChI=1S/C16H33NO2/c1-14(2)12-17-13-16(8-10-19-11-9-16)7-6-15(3,4)18-5/h14,17H,6-13H2,1-5H3. The van der Waals surface area contributed by atoms with Crippen LogP contribution in [0, 0.1) is 11.3 Å². The first-order chi connectivity index (χ1) is 8.89. The van der Waals surface area contributed by atoms with Gasteiger partial charge in [0.2, 0.25) is 0 Å². The highest BCUT2D eigenvalue weighted by Crippen LogP contribution is 2.37. The first kappa shape index (κ1) is 16.9. The molecule has 0 aromatic rings. The number of rotatable bonds is 8. The maximum atomic E-state index is 5.56. The third-order valence-electron chi connectivity index (χ3n) is 4.42. The van der Waals surface area contributed by atoms with Gasteiger partial charge in [0.25, 0.3) is 0 Å². The molecule has 0 bridgehead atoms. The Hall–Kier alpha value is -0.120. The second kappa shape index (κ2) is 7.61. The van der Waals surface area contributed by atoms with E-state index in [-0.39, 0.29) is 5.60 Å². The molecule has 0 atom stereocenters. The van der Waals surface area contributed by atoms with Crippen LogP contribution in [0.15, 0.2) is 0 Å². The molecule has 3 nitrogen and oxygen atoms in total. The van der Waals surface area contributed by atoms with E-state index in [1.165, 1.54) is 19.3 Å². The molecule has 0 unspecified atom stereocenters. The number of nitrogens with one attached hydrogen (secondary N) is 1. The number of hydrogen-bond donors (Lipinski definition) is 1. The Morgan fingerprint density at radius 1 is 1.26 bits per heavy atom. The first-order valence-corrected chi connectivity index (χ1v) is 7.73. The minimum Gasteiger partial charge on any atom is -0.381 e. The minimum atomic E-state index is -0.0106. The van der Waals surface area contributed by atoms with Gasteiger partial charge < -0.3 is 14.8 Å². The largest absolute Gasteiger partial charge is 0.381 e. The zero-order valence-electron chi connectivity index (χ0n) is 13.6. The zero-order valence-corrected chi connectivity index (χ0v) is 13.6. The molecule has 0 aliphatic carbocycles. The Morgan fingerprint density at radius 2 is 1.89 bits per heavy atom. The van der Waals surface area contributed by atoms with E-state index in [1.807, 2.05) is 7.11 Å². The highest BCUT2D eigenvalue weighted by atomic mass is 16.5. The highest BCUT2D eigenvalue weighted by molar-refractivity contribution is 4.86. The van der Waals surface area contributed by atoms with E-state index >= 15 is 0 Å². The van der Waals surface area contributed by atoms with Gasteiger partial charge in [0, 0.05) is 26.9 Å². The van der Waals surface area contributed by atoms with Gasteiger partial charge in [-0.2, -0.15) is 0 Å². The predicted octanol–water partition coefficient (Wildman–Crippen LogP) is 3.23. The summed E-state index contributed by atoms with van der Waals surface area (Å²) in [6.07, 6.45) is 4.70. The molecule has 1 heterocycles. The molecule has 1 rings (SSSR count). The predicted molar refractivity (Wildman–Crippen MR) is 80.5 cm³/mol. The van der Waals surface area contributed by atoms with Crippen LogP contribution in [-0.4, -0.2) is 39.0 Å². The molecule has 114 valence electrons. The summed E-state index contributed by atoms with van der Waals surface area (Å²) in [6.45, 7) is 12.9. The Bertz CT molecular complexity index is 245. The highest BCUT2D eigenvalue weighted by Gasteiger charge is 2.34. The van der Waals surface area contributed by atoms with Gasteiger partial charge in [-0.1, -0.05) is 13.8 Å². The summed E-state index contributed by atoms with van der Waals surface area (Å²) in [5, 5.41) is 3.65. The van der Waals surface area contributed by atoms with Crippen LogP contribution in [0.5, 0.6) is 0 Å². The summed E-state index contributed by atoms with van der Waals surface area (Å²) in [4.78, 5) is 0. The quantitative estimate of drug-likeness (QED) is 0.735. The van der Waals surface area contributed by atoms with E-state index in [4.69, 9.17) is 9.47 Å². The number of methoxy groups -OCH3 is 1. The van der Waals surface area contributed by atoms with Crippen LogP contribution in [0.25, 0.3) is 0 Å². The van der Waals surface area contributed by atoms with E-state index in [1.54, 1.807) is 0 Å². The minimum absolute atomic E-state index is 0.0106. The summed E-state index contributed by atoms with van der Waals surface area (Å²) in [5.41, 5.74) is 0.395. The Balaban J connectivity index is 2.49. The van der Waals surface area contributed by atoms with Gasteiger partial charge in [0.05, 0.1) is 5.60 Å². The molecule has 1 N–H and O–H groups in total. The van der Waals surface area contributed by atoms with Crippen molar-refractivity contribution in [3.8, 4) is 0 Å². The topological polar surface area (TPSA) is 30.5 Å². The molecule has 1 fully saturated rings. The van der Waals surface area contributed by atoms with Gasteiger partial charge >= 0.3 is 0 Å². The van der Waals surface area contributed by atoms with E-state index in [0.717, 1.165) is 32.7 Å². The summed E-state index contributed by atoms with van der Waals surface area (Å²) < 4.78 is 11.1. The molecule has 0 aromatic carbocycles. The molecular formula is C16H33NO2. The van der Waals surface area contributed by atoms with Gasteiger partial charge in [0.15, 0.2) is 0 Å². The molecule has 1 aliphatic heterocycles. The summed E-state index contributed by atoms with van der Waals surface area (Å²) >= 11 is 0. The van der Waals surface area contributed by atoms with Gasteiger partial charge in [-0.15, -0.1) is 0 Å². The average molecular weight is 271 g/mol. The van der Waals surface area contributed by atoms with Gasteiger partial charge in [0.1, 0.15) is 0 Å². The lowest BCUT2D eigenvalue weighted by Crippen LogP contribution is -2.41. The maximum absolute atomic E-state index is 5.56. The van der Waals surface area contributed by atoms with Gasteiger partial charge in [-0.3, -0.25) is 0 Å². The SMILES string of the molecule is COC(C)(C)CCC1(CNCC(C)C)CCOCC1. The van der Waals surface area contributed by atoms with Gasteiger partial charge in [-0.25, -0.2) is 0 Å². The smallest absolute Gasteiger partial charge is 0.0623 e. The number of hydrogen-bond acceptors (Lipinski definition) is 3. The fourth-order valence-electron chi connectivity index (χ4n) is 2.61. The van der Waals surface area contributed by atoms with E-state index in [0.29, 0.717) is 11.3 Å². The molecule has 1 saturated heterocycles. The maximum Gasteiger partial charge on any atom is 0.0623 e. The average Bonchev–Trinajstić information content (AvgIpc) is 2.38. The van der Waals surface area contributed by atoms with Crippen molar-refractivity contribution in [2.75, 3.05) is 33.4 Å². The molecule has 1 aliphatic rings. The van der Waals surface area contributed by atoms with Crippen molar-refractivity contribution in [1.82, 2.24) is 5.32 Å². The van der Waals surface area contributed by atoms with Crippen LogP contribution in [0.1, 0.15) is 53.4 Å². The lowest BCUT2D eigenvalue weighted by molar-refractivity contribution is -0.0246. The molecule has 0 aromatic heterocycles. The molecule has 0 radical (unpaired) electrons. The summed E-state index contributed by atoms with van der Waals surface area (Å²) in [5.74, 6) is 0.715. The third-order valence-corrected chi connectivity index (χ3v) is 4.42. The molecule has 0 saturated carbocycles. The van der Waals surface area contributed by atoms with E-state index in [9.17, 15) is 0 Å². The van der Waals surface area contributed by atoms with Crippen molar-refractivity contribution in [2.45, 2.75) is 59.0 Å². The van der Waals surface area contributed by atoms with Crippen molar-refractivity contribution in [3.05, 3.63) is 0 Å². The second-order valence-electron chi connectivity index (χ2n) is 7.10. The molecule has 0 amide bonds. The van der Waals surface area contributed by atoms with Crippen molar-refractivity contribution in [2.24, 2.45) is 11.3 Å². The number of ether oxygens (including phenoxy) is 2. The second-order valence-corrected chi connectivity index (χ2v) is 7.10. The summed E-state index contributed by atoms with van der Waals surface area (Å²) in [7, 11) is 1.81. The van der Waals surface area contributed by atoms with Crippen molar-refractivity contribution < 1.29 is 9.47 Å². The van der Waals surface area contributed by atoms with Crippen LogP contribution in [0.3, 0.4) is 0 Å². The molecule has 0 spiro atoms. The Morgan fingerprint density at radius 3 is 2.42 bits per heavy atom. The fraction of sp³-hybridized carbons (Fsp3) is 1.00. The van der Waals surface area contributed by atoms with Crippen molar-refractivity contribution in [3.63, 3.8) is 0 Å². The Labute approximate surface area is 119 Å². The molecule has 3 heteroatoms. The van der Waals surface area contributed by atoms with Crippen molar-refractivity contribution in [1.29, 1.82) is 0 Å². The lowest BCUT2D eigenvalue weighted by Gasteiger charge is -2.39. The van der Waals surface area contributed by atoms with Crippen LogP contribution in [0.2, 0.25) is 0 Å². The third kappa shape index (κ3) is 6.24. The van der Waals surface area contributed by atoms with Crippen LogP contribution in [0.4, 0.5) is 0 Å². The lowest BCUT2D eigenvalue weighted by atomic mass is 9.74. The van der Waals surface area contributed by atoms with E-state index < -0.39 is 0 Å². The van der Waals surface area contributed by atoms with E-state index in [2.05, 4.69) is 33.0 Å². The molecular weight excluding hydrogens is 238 g/mol. The Kier molecular flexibility index (Phi) is 6.78.